The van der Waals surface area contributed by atoms with Crippen LogP contribution in [0.15, 0.2) is 24.4 Å². The van der Waals surface area contributed by atoms with E-state index < -0.39 is 5.60 Å². The molecule has 1 saturated heterocycles. The second-order valence-electron chi connectivity index (χ2n) is 8.90. The summed E-state index contributed by atoms with van der Waals surface area (Å²) in [6.45, 7) is 7.56. The van der Waals surface area contributed by atoms with E-state index in [9.17, 15) is 4.79 Å². The molecular weight excluding hydrogens is 368 g/mol. The Morgan fingerprint density at radius 1 is 1.14 bits per heavy atom. The number of methoxy groups -OCH3 is 1. The minimum atomic E-state index is -0.463. The van der Waals surface area contributed by atoms with E-state index in [4.69, 9.17) is 9.47 Å². The quantitative estimate of drug-likeness (QED) is 0.775. The van der Waals surface area contributed by atoms with E-state index >= 15 is 0 Å². The maximum Gasteiger partial charge on any atom is 0.410 e. The lowest BCUT2D eigenvalue weighted by Crippen LogP contribution is -2.50. The maximum atomic E-state index is 12.8. The van der Waals surface area contributed by atoms with Gasteiger partial charge in [-0.1, -0.05) is 6.07 Å². The van der Waals surface area contributed by atoms with Crippen LogP contribution in [0.5, 0.6) is 6.01 Å². The SMILES string of the molecule is COc1ncc2c(N3CCC(N(C(=O)OC(C)(C)C)C4CC4)CC3)cccc2n1. The third-order valence-electron chi connectivity index (χ3n) is 5.51. The molecule has 1 aliphatic carbocycles. The Balaban J connectivity index is 1.48. The van der Waals surface area contributed by atoms with Crippen molar-refractivity contribution < 1.29 is 14.3 Å². The summed E-state index contributed by atoms with van der Waals surface area (Å²) in [6.07, 6.45) is 5.71. The van der Waals surface area contributed by atoms with Crippen LogP contribution in [0.2, 0.25) is 0 Å². The lowest BCUT2D eigenvalue weighted by atomic mass is 10.0. The Morgan fingerprint density at radius 2 is 1.83 bits per heavy atom. The molecule has 1 aliphatic heterocycles. The van der Waals surface area contributed by atoms with Gasteiger partial charge in [-0.3, -0.25) is 0 Å². The molecule has 7 heteroatoms. The number of carbonyl (C=O) groups is 1. The highest BCUT2D eigenvalue weighted by atomic mass is 16.6. The number of piperidine rings is 1. The summed E-state index contributed by atoms with van der Waals surface area (Å²) in [4.78, 5) is 25.9. The Labute approximate surface area is 172 Å². The molecule has 2 fully saturated rings. The van der Waals surface area contributed by atoms with Crippen molar-refractivity contribution in [2.24, 2.45) is 0 Å². The summed E-state index contributed by atoms with van der Waals surface area (Å²) in [5.41, 5.74) is 1.55. The van der Waals surface area contributed by atoms with Crippen molar-refractivity contribution in [3.05, 3.63) is 24.4 Å². The van der Waals surface area contributed by atoms with Crippen LogP contribution in [-0.2, 0) is 4.74 Å². The van der Waals surface area contributed by atoms with Crippen molar-refractivity contribution in [2.75, 3.05) is 25.1 Å². The molecule has 0 N–H and O–H groups in total. The van der Waals surface area contributed by atoms with Gasteiger partial charge in [-0.05, 0) is 58.6 Å². The Morgan fingerprint density at radius 3 is 2.45 bits per heavy atom. The van der Waals surface area contributed by atoms with Gasteiger partial charge in [-0.15, -0.1) is 0 Å². The molecule has 2 aromatic rings. The summed E-state index contributed by atoms with van der Waals surface area (Å²) in [7, 11) is 1.58. The summed E-state index contributed by atoms with van der Waals surface area (Å²) < 4.78 is 10.8. The molecule has 0 bridgehead atoms. The van der Waals surface area contributed by atoms with Crippen molar-refractivity contribution in [3.8, 4) is 6.01 Å². The molecule has 2 heterocycles. The minimum absolute atomic E-state index is 0.163. The number of ether oxygens (including phenoxy) is 2. The predicted octanol–water partition coefficient (Wildman–Crippen LogP) is 4.01. The van der Waals surface area contributed by atoms with Gasteiger partial charge in [-0.25, -0.2) is 9.78 Å². The molecular formula is C22H30N4O3. The topological polar surface area (TPSA) is 67.8 Å². The number of hydrogen-bond acceptors (Lipinski definition) is 6. The van der Waals surface area contributed by atoms with Gasteiger partial charge in [0.15, 0.2) is 0 Å². The van der Waals surface area contributed by atoms with Crippen LogP contribution >= 0.6 is 0 Å². The van der Waals surface area contributed by atoms with Crippen LogP contribution in [0.1, 0.15) is 46.5 Å². The van der Waals surface area contributed by atoms with Gasteiger partial charge in [0, 0.05) is 42.4 Å². The molecule has 7 nitrogen and oxygen atoms in total. The van der Waals surface area contributed by atoms with E-state index in [2.05, 4.69) is 20.9 Å². The smallest absolute Gasteiger partial charge is 0.410 e. The Hall–Kier alpha value is -2.57. The number of aromatic nitrogens is 2. The minimum Gasteiger partial charge on any atom is -0.467 e. The first-order valence-corrected chi connectivity index (χ1v) is 10.4. The van der Waals surface area contributed by atoms with E-state index in [-0.39, 0.29) is 12.1 Å². The average Bonchev–Trinajstić information content (AvgIpc) is 3.51. The van der Waals surface area contributed by atoms with Crippen molar-refractivity contribution in [1.29, 1.82) is 0 Å². The first kappa shape index (κ1) is 19.7. The van der Waals surface area contributed by atoms with Crippen LogP contribution in [0.3, 0.4) is 0 Å². The summed E-state index contributed by atoms with van der Waals surface area (Å²) in [6, 6.07) is 7.08. The second kappa shape index (κ2) is 7.69. The largest absolute Gasteiger partial charge is 0.467 e. The molecule has 1 aromatic carbocycles. The summed E-state index contributed by atoms with van der Waals surface area (Å²) in [5.74, 6) is 0. The first-order valence-electron chi connectivity index (χ1n) is 10.4. The highest BCUT2D eigenvalue weighted by molar-refractivity contribution is 5.91. The van der Waals surface area contributed by atoms with Crippen LogP contribution in [0.25, 0.3) is 10.9 Å². The van der Waals surface area contributed by atoms with Gasteiger partial charge < -0.3 is 19.3 Å². The van der Waals surface area contributed by atoms with Crippen LogP contribution < -0.4 is 9.64 Å². The Bertz CT molecular complexity index is 883. The Kier molecular flexibility index (Phi) is 5.23. The molecule has 2 aliphatic rings. The van der Waals surface area contributed by atoms with Gasteiger partial charge >= 0.3 is 12.1 Å². The van der Waals surface area contributed by atoms with Crippen molar-refractivity contribution in [1.82, 2.24) is 14.9 Å². The zero-order chi connectivity index (χ0) is 20.6. The third kappa shape index (κ3) is 4.38. The monoisotopic (exact) mass is 398 g/mol. The predicted molar refractivity (Wildman–Crippen MR) is 112 cm³/mol. The van der Waals surface area contributed by atoms with Gasteiger partial charge in [0.1, 0.15) is 5.60 Å². The first-order chi connectivity index (χ1) is 13.9. The maximum absolute atomic E-state index is 12.8. The van der Waals surface area contributed by atoms with Crippen molar-refractivity contribution >= 4 is 22.7 Å². The van der Waals surface area contributed by atoms with Gasteiger partial charge in [0.05, 0.1) is 12.6 Å². The molecule has 0 radical (unpaired) electrons. The zero-order valence-corrected chi connectivity index (χ0v) is 17.7. The van der Waals surface area contributed by atoms with Crippen LogP contribution in [0.4, 0.5) is 10.5 Å². The number of anilines is 1. The number of fused-ring (bicyclic) bond motifs is 1. The number of benzene rings is 1. The zero-order valence-electron chi connectivity index (χ0n) is 17.7. The molecule has 1 saturated carbocycles. The van der Waals surface area contributed by atoms with Gasteiger partial charge in [0.2, 0.25) is 0 Å². The number of nitrogens with zero attached hydrogens (tertiary/aromatic N) is 4. The second-order valence-corrected chi connectivity index (χ2v) is 8.90. The highest BCUT2D eigenvalue weighted by Gasteiger charge is 2.40. The fraction of sp³-hybridized carbons (Fsp3) is 0.591. The summed E-state index contributed by atoms with van der Waals surface area (Å²) >= 11 is 0. The summed E-state index contributed by atoms with van der Waals surface area (Å²) in [5, 5.41) is 1.03. The number of carbonyl (C=O) groups excluding carboxylic acids is 1. The molecule has 29 heavy (non-hydrogen) atoms. The lowest BCUT2D eigenvalue weighted by Gasteiger charge is -2.40. The van der Waals surface area contributed by atoms with E-state index in [1.54, 1.807) is 7.11 Å². The molecule has 0 unspecified atom stereocenters. The van der Waals surface area contributed by atoms with Crippen LogP contribution in [-0.4, -0.2) is 58.8 Å². The number of amides is 1. The van der Waals surface area contributed by atoms with Gasteiger partial charge in [-0.2, -0.15) is 4.98 Å². The fourth-order valence-corrected chi connectivity index (χ4v) is 4.05. The van der Waals surface area contributed by atoms with E-state index in [1.165, 1.54) is 0 Å². The fourth-order valence-electron chi connectivity index (χ4n) is 4.05. The van der Waals surface area contributed by atoms with Crippen molar-refractivity contribution in [3.63, 3.8) is 0 Å². The van der Waals surface area contributed by atoms with E-state index in [0.29, 0.717) is 12.1 Å². The molecule has 1 amide bonds. The van der Waals surface area contributed by atoms with Gasteiger partial charge in [0.25, 0.3) is 0 Å². The average molecular weight is 399 g/mol. The molecule has 1 aromatic heterocycles. The van der Waals surface area contributed by atoms with E-state index in [0.717, 1.165) is 55.4 Å². The van der Waals surface area contributed by atoms with Crippen molar-refractivity contribution in [2.45, 2.75) is 64.1 Å². The normalized spacial score (nSPS) is 18.0. The standard InChI is InChI=1S/C22H30N4O3/c1-22(2,3)29-21(27)26(15-8-9-15)16-10-12-25(13-11-16)19-7-5-6-18-17(19)14-23-20(24-18)28-4/h5-7,14-16H,8-13H2,1-4H3. The van der Waals surface area contributed by atoms with Crippen LogP contribution in [0, 0.1) is 0 Å². The molecule has 0 spiro atoms. The molecule has 0 atom stereocenters. The molecule has 156 valence electrons. The molecule has 4 rings (SSSR count). The lowest BCUT2D eigenvalue weighted by molar-refractivity contribution is 0.0114. The number of rotatable bonds is 4. The third-order valence-corrected chi connectivity index (χ3v) is 5.51. The number of hydrogen-bond donors (Lipinski definition) is 0. The highest BCUT2D eigenvalue weighted by Crippen LogP contribution is 2.35. The van der Waals surface area contributed by atoms with E-state index in [1.807, 2.05) is 44.0 Å².